The van der Waals surface area contributed by atoms with Gasteiger partial charge >= 0.3 is 0 Å². The van der Waals surface area contributed by atoms with Crippen LogP contribution >= 0.6 is 22.9 Å². The van der Waals surface area contributed by atoms with Crippen LogP contribution in [-0.2, 0) is 13.8 Å². The third-order valence-corrected chi connectivity index (χ3v) is 7.78. The second-order valence-corrected chi connectivity index (χ2v) is 10.3. The largest absolute Gasteiger partial charge is 0.471 e. The van der Waals surface area contributed by atoms with Crippen LogP contribution in [0.3, 0.4) is 0 Å². The molecule has 0 fully saturated rings. The molecule has 0 aliphatic carbocycles. The van der Waals surface area contributed by atoms with E-state index in [0.717, 1.165) is 16.9 Å². The van der Waals surface area contributed by atoms with Gasteiger partial charge in [0.1, 0.15) is 21.2 Å². The zero-order chi connectivity index (χ0) is 28.7. The lowest BCUT2D eigenvalue weighted by atomic mass is 10.0. The zero-order valence-corrected chi connectivity index (χ0v) is 23.0. The number of carbonyl (C=O) groups is 2. The highest BCUT2D eigenvalue weighted by molar-refractivity contribution is 7.21. The lowest BCUT2D eigenvalue weighted by molar-refractivity contribution is 0.100. The van der Waals surface area contributed by atoms with Crippen molar-refractivity contribution >= 4 is 50.7 Å². The molecule has 1 aromatic carbocycles. The molecule has 5 aromatic rings. The summed E-state index contributed by atoms with van der Waals surface area (Å²) in [6.45, 7) is 3.65. The number of aromatic nitrogens is 5. The highest BCUT2D eigenvalue weighted by Crippen LogP contribution is 2.43. The summed E-state index contributed by atoms with van der Waals surface area (Å²) in [6.07, 6.45) is 0.218. The van der Waals surface area contributed by atoms with Crippen LogP contribution in [0.5, 0.6) is 5.75 Å². The molecular formula is C26H22ClF2N7O3S. The summed E-state index contributed by atoms with van der Waals surface area (Å²) in [5.74, 6) is -0.911. The van der Waals surface area contributed by atoms with Crippen molar-refractivity contribution in [2.24, 2.45) is 12.8 Å². The van der Waals surface area contributed by atoms with Crippen LogP contribution in [0.2, 0.25) is 5.02 Å². The number of hydrogen-bond acceptors (Lipinski definition) is 7. The van der Waals surface area contributed by atoms with Crippen LogP contribution in [0.4, 0.5) is 14.5 Å². The van der Waals surface area contributed by atoms with E-state index in [2.05, 4.69) is 20.5 Å². The highest BCUT2D eigenvalue weighted by Gasteiger charge is 2.26. The number of pyridine rings is 1. The van der Waals surface area contributed by atoms with Gasteiger partial charge in [-0.25, -0.2) is 18.4 Å². The van der Waals surface area contributed by atoms with E-state index in [0.29, 0.717) is 33.0 Å². The van der Waals surface area contributed by atoms with E-state index in [9.17, 15) is 18.4 Å². The highest BCUT2D eigenvalue weighted by atomic mass is 35.5. The molecule has 0 unspecified atom stereocenters. The van der Waals surface area contributed by atoms with Crippen LogP contribution in [0.25, 0.3) is 21.3 Å². The van der Waals surface area contributed by atoms with E-state index < -0.39 is 23.9 Å². The Morgan fingerprint density at radius 1 is 1.20 bits per heavy atom. The fourth-order valence-electron chi connectivity index (χ4n) is 4.08. The van der Waals surface area contributed by atoms with E-state index in [1.165, 1.54) is 23.0 Å². The van der Waals surface area contributed by atoms with Crippen LogP contribution in [0, 0.1) is 13.8 Å². The molecule has 0 saturated carbocycles. The lowest BCUT2D eigenvalue weighted by Crippen LogP contribution is -2.18. The molecule has 3 N–H and O–H groups in total. The van der Waals surface area contributed by atoms with Gasteiger partial charge in [0.25, 0.3) is 18.2 Å². The number of hydrogen-bond donors (Lipinski definition) is 2. The van der Waals surface area contributed by atoms with Gasteiger partial charge in [0.2, 0.25) is 0 Å². The van der Waals surface area contributed by atoms with Gasteiger partial charge in [-0.2, -0.15) is 10.2 Å². The molecule has 0 spiro atoms. The lowest BCUT2D eigenvalue weighted by Gasteiger charge is -2.10. The number of nitrogens with zero attached hydrogens (tertiary/aromatic N) is 5. The van der Waals surface area contributed by atoms with Gasteiger partial charge in [-0.05, 0) is 55.3 Å². The summed E-state index contributed by atoms with van der Waals surface area (Å²) in [5.41, 5.74) is 7.64. The first-order valence-electron chi connectivity index (χ1n) is 11.8. The van der Waals surface area contributed by atoms with Gasteiger partial charge in [0, 0.05) is 34.9 Å². The SMILES string of the molecule is Cc1cc(OCn2ccc(C(=O)Nc3c(C(N)=O)sc4nc(C(F)F)cc(-c5cnn(C)c5C)c34)n2)ccc1Cl. The Bertz CT molecular complexity index is 1780. The molecule has 0 saturated heterocycles. The summed E-state index contributed by atoms with van der Waals surface area (Å²) < 4.78 is 36.2. The molecule has 0 radical (unpaired) electrons. The molecule has 4 heterocycles. The second kappa shape index (κ2) is 10.7. The summed E-state index contributed by atoms with van der Waals surface area (Å²) in [5, 5.41) is 12.1. The molecule has 0 aliphatic rings. The van der Waals surface area contributed by atoms with Crippen LogP contribution in [0.15, 0.2) is 42.7 Å². The number of benzene rings is 1. The smallest absolute Gasteiger partial charge is 0.280 e. The fraction of sp³-hybridized carbons (Fsp3) is 0.192. The standard InChI is InChI=1S/C26H22ClF2N7O3S/c1-12-8-14(4-5-17(12)27)39-11-36-7-6-18(34-36)25(38)33-21-20-15(16-10-31-35(3)13(16)2)9-19(23(28)29)32-26(20)40-22(21)24(30)37/h4-10,23H,11H2,1-3H3,(H2,30,37)(H,33,38). The van der Waals surface area contributed by atoms with Crippen molar-refractivity contribution in [3.05, 3.63) is 75.3 Å². The van der Waals surface area contributed by atoms with Crippen LogP contribution in [-0.4, -0.2) is 36.4 Å². The van der Waals surface area contributed by atoms with Crippen molar-refractivity contribution in [3.63, 3.8) is 0 Å². The number of fused-ring (bicyclic) bond motifs is 1. The molecule has 4 aromatic heterocycles. The number of aryl methyl sites for hydroxylation is 2. The number of amides is 2. The number of alkyl halides is 2. The second-order valence-electron chi connectivity index (χ2n) is 8.89. The number of nitrogens with two attached hydrogens (primary N) is 1. The normalized spacial score (nSPS) is 11.4. The van der Waals surface area contributed by atoms with Gasteiger partial charge < -0.3 is 15.8 Å². The molecular weight excluding hydrogens is 564 g/mol. The van der Waals surface area contributed by atoms with Crippen molar-refractivity contribution in [2.45, 2.75) is 27.0 Å². The first-order chi connectivity index (χ1) is 19.0. The molecule has 14 heteroatoms. The van der Waals surface area contributed by atoms with Gasteiger partial charge in [-0.1, -0.05) is 11.6 Å². The Labute approximate surface area is 235 Å². The molecule has 10 nitrogen and oxygen atoms in total. The maximum absolute atomic E-state index is 13.7. The number of ether oxygens (including phenoxy) is 1. The van der Waals surface area contributed by atoms with E-state index >= 15 is 0 Å². The average Bonchev–Trinajstić information content (AvgIpc) is 3.62. The molecule has 0 aliphatic heterocycles. The van der Waals surface area contributed by atoms with Crippen LogP contribution in [0.1, 0.15) is 43.5 Å². The van der Waals surface area contributed by atoms with Gasteiger partial charge in [0.15, 0.2) is 12.4 Å². The number of anilines is 1. The fourth-order valence-corrected chi connectivity index (χ4v) is 5.21. The maximum atomic E-state index is 13.7. The third kappa shape index (κ3) is 5.12. The van der Waals surface area contributed by atoms with Crippen molar-refractivity contribution < 1.29 is 23.1 Å². The summed E-state index contributed by atoms with van der Waals surface area (Å²) in [6, 6.07) is 7.92. The van der Waals surface area contributed by atoms with E-state index in [-0.39, 0.29) is 27.8 Å². The number of halogens is 3. The molecule has 2 amide bonds. The molecule has 206 valence electrons. The molecule has 40 heavy (non-hydrogen) atoms. The maximum Gasteiger partial charge on any atom is 0.280 e. The quantitative estimate of drug-likeness (QED) is 0.248. The Morgan fingerprint density at radius 3 is 2.62 bits per heavy atom. The minimum Gasteiger partial charge on any atom is -0.471 e. The molecule has 5 rings (SSSR count). The van der Waals surface area contributed by atoms with Gasteiger partial charge in [-0.3, -0.25) is 14.3 Å². The zero-order valence-electron chi connectivity index (χ0n) is 21.4. The van der Waals surface area contributed by atoms with E-state index in [1.54, 1.807) is 43.0 Å². The Morgan fingerprint density at radius 2 is 1.98 bits per heavy atom. The molecule has 0 bridgehead atoms. The van der Waals surface area contributed by atoms with Crippen LogP contribution < -0.4 is 15.8 Å². The van der Waals surface area contributed by atoms with Crippen molar-refractivity contribution in [2.75, 3.05) is 5.32 Å². The van der Waals surface area contributed by atoms with Gasteiger partial charge in [-0.15, -0.1) is 11.3 Å². The number of rotatable bonds is 8. The topological polar surface area (TPSA) is 130 Å². The first kappa shape index (κ1) is 27.2. The van der Waals surface area contributed by atoms with E-state index in [1.807, 2.05) is 6.92 Å². The number of thiophene rings is 1. The van der Waals surface area contributed by atoms with Crippen molar-refractivity contribution in [1.82, 2.24) is 24.5 Å². The predicted molar refractivity (Wildman–Crippen MR) is 147 cm³/mol. The van der Waals surface area contributed by atoms with Crippen molar-refractivity contribution in [3.8, 4) is 16.9 Å². The Kier molecular flexibility index (Phi) is 7.25. The summed E-state index contributed by atoms with van der Waals surface area (Å²) >= 11 is 6.87. The number of primary amides is 1. The first-order valence-corrected chi connectivity index (χ1v) is 13.0. The average molecular weight is 586 g/mol. The minimum absolute atomic E-state index is 0.0209. The number of carbonyl (C=O) groups excluding carboxylic acids is 2. The Hall–Kier alpha value is -4.36. The number of nitrogens with one attached hydrogen (secondary N) is 1. The summed E-state index contributed by atoms with van der Waals surface area (Å²) in [7, 11) is 1.71. The third-order valence-electron chi connectivity index (χ3n) is 6.26. The molecule has 0 atom stereocenters. The Balaban J connectivity index is 1.50. The predicted octanol–water partition coefficient (Wildman–Crippen LogP) is 5.49. The summed E-state index contributed by atoms with van der Waals surface area (Å²) in [4.78, 5) is 29.7. The van der Waals surface area contributed by atoms with E-state index in [4.69, 9.17) is 22.1 Å². The monoisotopic (exact) mass is 585 g/mol. The van der Waals surface area contributed by atoms with Crippen molar-refractivity contribution in [1.29, 1.82) is 0 Å². The van der Waals surface area contributed by atoms with Gasteiger partial charge in [0.05, 0.1) is 11.9 Å². The minimum atomic E-state index is -2.86.